The van der Waals surface area contributed by atoms with E-state index in [1.54, 1.807) is 0 Å². The van der Waals surface area contributed by atoms with E-state index in [0.717, 1.165) is 0 Å². The molecule has 1 aromatic carbocycles. The van der Waals surface area contributed by atoms with Crippen LogP contribution in [0, 0.1) is 11.8 Å². The van der Waals surface area contributed by atoms with Gasteiger partial charge in [0.25, 0.3) is 0 Å². The molecule has 0 amide bonds. The molecule has 112 valence electrons. The van der Waals surface area contributed by atoms with E-state index in [0.29, 0.717) is 17.9 Å². The SMILES string of the molecule is CC1OC(C)C(C(Cl)c2ccc(C(C)(C)C)cc2)C1C. The van der Waals surface area contributed by atoms with Gasteiger partial charge in [-0.2, -0.15) is 0 Å². The van der Waals surface area contributed by atoms with Crippen LogP contribution in [-0.2, 0) is 10.2 Å². The van der Waals surface area contributed by atoms with E-state index in [9.17, 15) is 0 Å². The number of rotatable bonds is 2. The first-order valence-corrected chi connectivity index (χ1v) is 8.05. The quantitative estimate of drug-likeness (QED) is 0.670. The van der Waals surface area contributed by atoms with Gasteiger partial charge in [0, 0.05) is 5.92 Å². The Morgan fingerprint density at radius 3 is 1.95 bits per heavy atom. The predicted molar refractivity (Wildman–Crippen MR) is 86.4 cm³/mol. The zero-order chi connectivity index (χ0) is 15.1. The van der Waals surface area contributed by atoms with Crippen LogP contribution < -0.4 is 0 Å². The van der Waals surface area contributed by atoms with Crippen molar-refractivity contribution in [1.82, 2.24) is 0 Å². The molecule has 1 aromatic rings. The topological polar surface area (TPSA) is 9.23 Å². The molecule has 2 heteroatoms. The van der Waals surface area contributed by atoms with Gasteiger partial charge in [0.15, 0.2) is 0 Å². The summed E-state index contributed by atoms with van der Waals surface area (Å²) in [6, 6.07) is 8.78. The van der Waals surface area contributed by atoms with Crippen LogP contribution in [0.5, 0.6) is 0 Å². The average molecular weight is 295 g/mol. The fourth-order valence-electron chi connectivity index (χ4n) is 3.19. The minimum absolute atomic E-state index is 0.0268. The van der Waals surface area contributed by atoms with Crippen molar-refractivity contribution >= 4 is 11.6 Å². The number of halogens is 1. The third-order valence-corrected chi connectivity index (χ3v) is 5.29. The summed E-state index contributed by atoms with van der Waals surface area (Å²) < 4.78 is 5.92. The Hall–Kier alpha value is -0.530. The maximum atomic E-state index is 6.75. The van der Waals surface area contributed by atoms with Gasteiger partial charge in [0.05, 0.1) is 17.6 Å². The summed E-state index contributed by atoms with van der Waals surface area (Å²) in [5.74, 6) is 0.877. The lowest BCUT2D eigenvalue weighted by Crippen LogP contribution is -2.22. The van der Waals surface area contributed by atoms with Gasteiger partial charge in [0.2, 0.25) is 0 Å². The normalized spacial score (nSPS) is 32.4. The summed E-state index contributed by atoms with van der Waals surface area (Å²) in [6.07, 6.45) is 0.523. The van der Waals surface area contributed by atoms with Gasteiger partial charge in [-0.05, 0) is 36.3 Å². The Labute approximate surface area is 128 Å². The first kappa shape index (κ1) is 15.9. The number of hydrogen-bond acceptors (Lipinski definition) is 1. The van der Waals surface area contributed by atoms with E-state index in [4.69, 9.17) is 16.3 Å². The third kappa shape index (κ3) is 3.04. The molecule has 1 nitrogen and oxygen atoms in total. The minimum atomic E-state index is 0.0268. The van der Waals surface area contributed by atoms with Crippen molar-refractivity contribution in [3.8, 4) is 0 Å². The fourth-order valence-corrected chi connectivity index (χ4v) is 3.77. The molecule has 0 bridgehead atoms. The fraction of sp³-hybridized carbons (Fsp3) is 0.667. The van der Waals surface area contributed by atoms with Gasteiger partial charge in [-0.3, -0.25) is 0 Å². The number of ether oxygens (including phenoxy) is 1. The van der Waals surface area contributed by atoms with Crippen LogP contribution in [0.25, 0.3) is 0 Å². The van der Waals surface area contributed by atoms with Crippen molar-refractivity contribution in [3.63, 3.8) is 0 Å². The second-order valence-corrected chi connectivity index (χ2v) is 7.73. The molecule has 1 fully saturated rings. The number of hydrogen-bond donors (Lipinski definition) is 0. The molecule has 0 N–H and O–H groups in total. The summed E-state index contributed by atoms with van der Waals surface area (Å²) in [5.41, 5.74) is 2.75. The van der Waals surface area contributed by atoms with Crippen molar-refractivity contribution in [3.05, 3.63) is 35.4 Å². The molecule has 0 radical (unpaired) electrons. The zero-order valence-electron chi connectivity index (χ0n) is 13.5. The van der Waals surface area contributed by atoms with Crippen molar-refractivity contribution in [2.24, 2.45) is 11.8 Å². The van der Waals surface area contributed by atoms with Crippen LogP contribution in [0.15, 0.2) is 24.3 Å². The summed E-state index contributed by atoms with van der Waals surface area (Å²) in [4.78, 5) is 0. The first-order chi connectivity index (χ1) is 9.21. The molecule has 1 heterocycles. The van der Waals surface area contributed by atoms with E-state index in [-0.39, 0.29) is 16.9 Å². The standard InChI is InChI=1S/C18H27ClO/c1-11-12(2)20-13(3)16(11)17(19)14-7-9-15(10-8-14)18(4,5)6/h7-13,16-17H,1-6H3. The maximum Gasteiger partial charge on any atom is 0.0641 e. The Bertz CT molecular complexity index is 445. The van der Waals surface area contributed by atoms with E-state index >= 15 is 0 Å². The minimum Gasteiger partial charge on any atom is -0.375 e. The van der Waals surface area contributed by atoms with Crippen LogP contribution in [0.2, 0.25) is 0 Å². The largest absolute Gasteiger partial charge is 0.375 e. The summed E-state index contributed by atoms with van der Waals surface area (Å²) in [7, 11) is 0. The lowest BCUT2D eigenvalue weighted by atomic mass is 9.82. The van der Waals surface area contributed by atoms with Gasteiger partial charge >= 0.3 is 0 Å². The van der Waals surface area contributed by atoms with Crippen molar-refractivity contribution < 1.29 is 4.74 Å². The van der Waals surface area contributed by atoms with Crippen LogP contribution in [0.1, 0.15) is 58.0 Å². The Morgan fingerprint density at radius 2 is 1.55 bits per heavy atom. The highest BCUT2D eigenvalue weighted by Crippen LogP contribution is 2.44. The first-order valence-electron chi connectivity index (χ1n) is 7.62. The van der Waals surface area contributed by atoms with Crippen molar-refractivity contribution in [2.45, 2.75) is 64.5 Å². The molecular weight excluding hydrogens is 268 g/mol. The van der Waals surface area contributed by atoms with Crippen LogP contribution in [-0.4, -0.2) is 12.2 Å². The zero-order valence-corrected chi connectivity index (χ0v) is 14.2. The lowest BCUT2D eigenvalue weighted by Gasteiger charge is -2.25. The average Bonchev–Trinajstić information content (AvgIpc) is 2.62. The number of alkyl halides is 1. The number of benzene rings is 1. The van der Waals surface area contributed by atoms with Crippen molar-refractivity contribution in [1.29, 1.82) is 0 Å². The molecule has 1 aliphatic heterocycles. The maximum absolute atomic E-state index is 6.75. The van der Waals surface area contributed by atoms with E-state index in [1.807, 2.05) is 0 Å². The Kier molecular flexibility index (Phi) is 4.51. The van der Waals surface area contributed by atoms with E-state index < -0.39 is 0 Å². The molecule has 5 unspecified atom stereocenters. The molecule has 0 spiro atoms. The molecule has 1 saturated heterocycles. The molecular formula is C18H27ClO. The smallest absolute Gasteiger partial charge is 0.0641 e. The highest BCUT2D eigenvalue weighted by Gasteiger charge is 2.41. The molecule has 0 aromatic heterocycles. The summed E-state index contributed by atoms with van der Waals surface area (Å²) in [6.45, 7) is 13.2. The van der Waals surface area contributed by atoms with Gasteiger partial charge < -0.3 is 4.74 Å². The Morgan fingerprint density at radius 1 is 1.00 bits per heavy atom. The molecule has 1 aliphatic rings. The van der Waals surface area contributed by atoms with E-state index in [1.165, 1.54) is 11.1 Å². The van der Waals surface area contributed by atoms with Crippen LogP contribution in [0.3, 0.4) is 0 Å². The molecule has 0 saturated carbocycles. The van der Waals surface area contributed by atoms with Gasteiger partial charge in [0.1, 0.15) is 0 Å². The highest BCUT2D eigenvalue weighted by molar-refractivity contribution is 6.21. The second-order valence-electron chi connectivity index (χ2n) is 7.26. The van der Waals surface area contributed by atoms with Crippen molar-refractivity contribution in [2.75, 3.05) is 0 Å². The third-order valence-electron chi connectivity index (χ3n) is 4.75. The lowest BCUT2D eigenvalue weighted by molar-refractivity contribution is 0.0508. The molecule has 0 aliphatic carbocycles. The van der Waals surface area contributed by atoms with Crippen LogP contribution in [0.4, 0.5) is 0 Å². The Balaban J connectivity index is 2.19. The monoisotopic (exact) mass is 294 g/mol. The van der Waals surface area contributed by atoms with Gasteiger partial charge in [-0.15, -0.1) is 11.6 Å². The molecule has 5 atom stereocenters. The second kappa shape index (κ2) is 5.69. The van der Waals surface area contributed by atoms with E-state index in [2.05, 4.69) is 65.8 Å². The highest BCUT2D eigenvalue weighted by atomic mass is 35.5. The predicted octanol–water partition coefficient (Wildman–Crippen LogP) is 5.32. The van der Waals surface area contributed by atoms with Gasteiger partial charge in [-0.1, -0.05) is 52.0 Å². The van der Waals surface area contributed by atoms with Gasteiger partial charge in [-0.25, -0.2) is 0 Å². The van der Waals surface area contributed by atoms with Crippen LogP contribution >= 0.6 is 11.6 Å². The molecule has 2 rings (SSSR count). The molecule has 20 heavy (non-hydrogen) atoms. The summed E-state index contributed by atoms with van der Waals surface area (Å²) >= 11 is 6.75. The summed E-state index contributed by atoms with van der Waals surface area (Å²) in [5, 5.41) is 0.0268.